The van der Waals surface area contributed by atoms with Crippen LogP contribution in [0.4, 0.5) is 0 Å². The Bertz CT molecular complexity index is 669. The van der Waals surface area contributed by atoms with E-state index in [1.807, 2.05) is 6.08 Å². The molecule has 4 aliphatic carbocycles. The number of hydrogen-bond acceptors (Lipinski definition) is 2. The van der Waals surface area contributed by atoms with Crippen LogP contribution in [0.15, 0.2) is 23.3 Å². The minimum atomic E-state index is 0.160. The van der Waals surface area contributed by atoms with Crippen molar-refractivity contribution in [2.45, 2.75) is 66.2 Å². The zero-order valence-electron chi connectivity index (χ0n) is 15.5. The molecule has 6 unspecified atom stereocenters. The van der Waals surface area contributed by atoms with E-state index in [9.17, 15) is 9.59 Å². The first-order valence-corrected chi connectivity index (χ1v) is 9.71. The van der Waals surface area contributed by atoms with Crippen LogP contribution in [-0.4, -0.2) is 11.6 Å². The first-order valence-electron chi connectivity index (χ1n) is 9.71. The molecule has 0 spiro atoms. The minimum absolute atomic E-state index is 0.160. The average molecular weight is 326 g/mol. The number of fused-ring (bicyclic) bond motifs is 5. The number of carbonyl (C=O) groups is 2. The van der Waals surface area contributed by atoms with E-state index in [4.69, 9.17) is 0 Å². The van der Waals surface area contributed by atoms with Gasteiger partial charge in [-0.05, 0) is 86.2 Å². The summed E-state index contributed by atoms with van der Waals surface area (Å²) >= 11 is 0. The molecule has 0 radical (unpaired) electrons. The summed E-state index contributed by atoms with van der Waals surface area (Å²) in [6.45, 7) is 8.78. The van der Waals surface area contributed by atoms with E-state index in [-0.39, 0.29) is 16.7 Å². The molecule has 0 heterocycles. The molecule has 4 rings (SSSR count). The van der Waals surface area contributed by atoms with E-state index < -0.39 is 0 Å². The molecule has 2 saturated carbocycles. The minimum Gasteiger partial charge on any atom is -0.300 e. The first kappa shape index (κ1) is 16.3. The maximum Gasteiger partial charge on any atom is 0.156 e. The van der Waals surface area contributed by atoms with E-state index in [2.05, 4.69) is 26.8 Å². The molecule has 4 aliphatic rings. The van der Waals surface area contributed by atoms with E-state index in [1.54, 1.807) is 6.92 Å². The predicted molar refractivity (Wildman–Crippen MR) is 95.4 cm³/mol. The Labute approximate surface area is 145 Å². The SMILES string of the molecule is CC(=O)C1CCC2C3C=C(C)C4=CC(=O)CCC4(C)C3CCC12C. The topological polar surface area (TPSA) is 34.1 Å². The summed E-state index contributed by atoms with van der Waals surface area (Å²) in [6.07, 6.45) is 10.8. The second-order valence-electron chi connectivity index (χ2n) is 9.37. The van der Waals surface area contributed by atoms with Crippen LogP contribution >= 0.6 is 0 Å². The summed E-state index contributed by atoms with van der Waals surface area (Å²) in [5.41, 5.74) is 2.98. The molecule has 0 N–H and O–H groups in total. The number of allylic oxidation sites excluding steroid dienone is 4. The molecule has 6 atom stereocenters. The third kappa shape index (κ3) is 2.01. The molecule has 0 amide bonds. The van der Waals surface area contributed by atoms with E-state index >= 15 is 0 Å². The van der Waals surface area contributed by atoms with Crippen molar-refractivity contribution >= 4 is 11.6 Å². The Morgan fingerprint density at radius 3 is 2.58 bits per heavy atom. The van der Waals surface area contributed by atoms with Crippen molar-refractivity contribution in [2.75, 3.05) is 0 Å². The Hall–Kier alpha value is -1.18. The van der Waals surface area contributed by atoms with Gasteiger partial charge in [0.15, 0.2) is 5.78 Å². The van der Waals surface area contributed by atoms with E-state index in [0.29, 0.717) is 35.7 Å². The highest BCUT2D eigenvalue weighted by atomic mass is 16.1. The van der Waals surface area contributed by atoms with Gasteiger partial charge in [-0.25, -0.2) is 0 Å². The summed E-state index contributed by atoms with van der Waals surface area (Å²) in [5, 5.41) is 0. The average Bonchev–Trinajstić information content (AvgIpc) is 2.87. The van der Waals surface area contributed by atoms with Crippen LogP contribution in [0.1, 0.15) is 66.2 Å². The van der Waals surface area contributed by atoms with Gasteiger partial charge in [0.2, 0.25) is 0 Å². The third-order valence-electron chi connectivity index (χ3n) is 8.32. The van der Waals surface area contributed by atoms with Crippen molar-refractivity contribution in [1.29, 1.82) is 0 Å². The lowest BCUT2D eigenvalue weighted by Crippen LogP contribution is -2.50. The summed E-state index contributed by atoms with van der Waals surface area (Å²) in [4.78, 5) is 24.2. The molecule has 2 nitrogen and oxygen atoms in total. The van der Waals surface area contributed by atoms with Gasteiger partial charge < -0.3 is 0 Å². The van der Waals surface area contributed by atoms with Crippen LogP contribution < -0.4 is 0 Å². The normalized spacial score (nSPS) is 47.2. The van der Waals surface area contributed by atoms with E-state index in [1.165, 1.54) is 30.4 Å². The summed E-state index contributed by atoms with van der Waals surface area (Å²) in [7, 11) is 0. The Morgan fingerprint density at radius 2 is 1.88 bits per heavy atom. The first-order chi connectivity index (χ1) is 11.3. The quantitative estimate of drug-likeness (QED) is 0.687. The third-order valence-corrected chi connectivity index (χ3v) is 8.32. The second-order valence-corrected chi connectivity index (χ2v) is 9.37. The number of Topliss-reactive ketones (excluding diaryl/α,β-unsaturated/α-hetero) is 1. The largest absolute Gasteiger partial charge is 0.300 e. The van der Waals surface area contributed by atoms with Gasteiger partial charge in [0.05, 0.1) is 0 Å². The Balaban J connectivity index is 1.77. The van der Waals surface area contributed by atoms with Crippen LogP contribution in [-0.2, 0) is 9.59 Å². The number of hydrogen-bond donors (Lipinski definition) is 0. The highest BCUT2D eigenvalue weighted by molar-refractivity contribution is 5.92. The highest BCUT2D eigenvalue weighted by Crippen LogP contribution is 2.66. The van der Waals surface area contributed by atoms with Crippen molar-refractivity contribution in [3.05, 3.63) is 23.3 Å². The van der Waals surface area contributed by atoms with Gasteiger partial charge in [-0.15, -0.1) is 0 Å². The fourth-order valence-corrected chi connectivity index (χ4v) is 7.08. The molecular weight excluding hydrogens is 296 g/mol. The van der Waals surface area contributed by atoms with Gasteiger partial charge in [-0.3, -0.25) is 9.59 Å². The van der Waals surface area contributed by atoms with Gasteiger partial charge in [-0.1, -0.05) is 25.5 Å². The second kappa shape index (κ2) is 5.16. The summed E-state index contributed by atoms with van der Waals surface area (Å²) in [5.74, 6) is 2.82. The van der Waals surface area contributed by atoms with Crippen LogP contribution in [0, 0.1) is 34.5 Å². The fraction of sp³-hybridized carbons (Fsp3) is 0.727. The van der Waals surface area contributed by atoms with Gasteiger partial charge in [0.1, 0.15) is 5.78 Å². The molecular formula is C22H30O2. The van der Waals surface area contributed by atoms with Crippen LogP contribution in [0.5, 0.6) is 0 Å². The molecule has 0 aliphatic heterocycles. The fourth-order valence-electron chi connectivity index (χ4n) is 7.08. The highest BCUT2D eigenvalue weighted by Gasteiger charge is 2.59. The maximum absolute atomic E-state index is 12.2. The molecule has 0 saturated heterocycles. The van der Waals surface area contributed by atoms with Crippen molar-refractivity contribution < 1.29 is 9.59 Å². The number of rotatable bonds is 1. The predicted octanol–water partition coefficient (Wildman–Crippen LogP) is 4.89. The lowest BCUT2D eigenvalue weighted by atomic mass is 9.47. The van der Waals surface area contributed by atoms with Crippen molar-refractivity contribution in [3.63, 3.8) is 0 Å². The van der Waals surface area contributed by atoms with Gasteiger partial charge in [-0.2, -0.15) is 0 Å². The van der Waals surface area contributed by atoms with Crippen molar-refractivity contribution in [1.82, 2.24) is 0 Å². The van der Waals surface area contributed by atoms with Crippen LogP contribution in [0.3, 0.4) is 0 Å². The molecule has 0 aromatic carbocycles. The maximum atomic E-state index is 12.2. The van der Waals surface area contributed by atoms with Crippen LogP contribution in [0.25, 0.3) is 0 Å². The zero-order chi connectivity index (χ0) is 17.3. The monoisotopic (exact) mass is 326 g/mol. The lowest BCUT2D eigenvalue weighted by Gasteiger charge is -2.56. The summed E-state index contributed by atoms with van der Waals surface area (Å²) in [6, 6.07) is 0. The van der Waals surface area contributed by atoms with Crippen molar-refractivity contribution in [2.24, 2.45) is 34.5 Å². The van der Waals surface area contributed by atoms with Crippen molar-refractivity contribution in [3.8, 4) is 0 Å². The molecule has 130 valence electrons. The van der Waals surface area contributed by atoms with Gasteiger partial charge in [0, 0.05) is 12.3 Å². The molecule has 2 fully saturated rings. The Kier molecular flexibility index (Phi) is 3.50. The summed E-state index contributed by atoms with van der Waals surface area (Å²) < 4.78 is 0. The molecule has 0 bridgehead atoms. The molecule has 0 aromatic rings. The standard InChI is InChI=1S/C22H30O2/c1-13-11-16-18-6-5-17(14(2)23)21(18,3)10-8-19(16)22(4)9-7-15(24)12-20(13)22/h11-12,16-19H,5-10H2,1-4H3. The Morgan fingerprint density at radius 1 is 1.12 bits per heavy atom. The zero-order valence-corrected chi connectivity index (χ0v) is 15.5. The smallest absolute Gasteiger partial charge is 0.156 e. The van der Waals surface area contributed by atoms with Gasteiger partial charge in [0.25, 0.3) is 0 Å². The molecule has 2 heteroatoms. The molecule has 24 heavy (non-hydrogen) atoms. The van der Waals surface area contributed by atoms with Crippen LogP contribution in [0.2, 0.25) is 0 Å². The van der Waals surface area contributed by atoms with E-state index in [0.717, 1.165) is 12.8 Å². The molecule has 0 aromatic heterocycles. The number of ketones is 2. The van der Waals surface area contributed by atoms with Gasteiger partial charge >= 0.3 is 0 Å². The lowest BCUT2D eigenvalue weighted by molar-refractivity contribution is -0.127. The number of carbonyl (C=O) groups excluding carboxylic acids is 2.